The van der Waals surface area contributed by atoms with E-state index < -0.39 is 17.5 Å². The van der Waals surface area contributed by atoms with Crippen molar-refractivity contribution in [3.8, 4) is 5.75 Å². The minimum atomic E-state index is -1.47. The van der Waals surface area contributed by atoms with E-state index >= 15 is 0 Å². The molecule has 1 aliphatic heterocycles. The zero-order chi connectivity index (χ0) is 23.4. The Morgan fingerprint density at radius 2 is 2.03 bits per heavy atom. The zero-order valence-corrected chi connectivity index (χ0v) is 17.7. The molecule has 31 heavy (non-hydrogen) atoms. The van der Waals surface area contributed by atoms with Crippen molar-refractivity contribution in [3.63, 3.8) is 0 Å². The van der Waals surface area contributed by atoms with Crippen LogP contribution < -0.4 is 10.1 Å². The number of aliphatic carboxylic acids is 1. The Morgan fingerprint density at radius 3 is 2.61 bits per heavy atom. The predicted molar refractivity (Wildman–Crippen MR) is 111 cm³/mol. The lowest BCUT2D eigenvalue weighted by molar-refractivity contribution is -0.166. The summed E-state index contributed by atoms with van der Waals surface area (Å²) in [4.78, 5) is 45.5. The molecule has 0 bridgehead atoms. The molecule has 2 amide bonds. The van der Waals surface area contributed by atoms with Gasteiger partial charge in [0.15, 0.2) is 0 Å². The van der Waals surface area contributed by atoms with E-state index in [1.165, 1.54) is 18.9 Å². The first-order valence-corrected chi connectivity index (χ1v) is 9.84. The van der Waals surface area contributed by atoms with Gasteiger partial charge in [-0.3, -0.25) is 19.2 Å². The number of hydrogen-bond acceptors (Lipinski definition) is 6. The Balaban J connectivity index is 0.00000151. The fraction of sp³-hybridized carbons (Fsp3) is 0.524. The van der Waals surface area contributed by atoms with E-state index in [0.29, 0.717) is 25.3 Å². The molecule has 1 aromatic carbocycles. The van der Waals surface area contributed by atoms with E-state index in [-0.39, 0.29) is 44.1 Å². The number of piperidine rings is 1. The molecular formula is C21H30N2O8. The fourth-order valence-electron chi connectivity index (χ4n) is 3.56. The summed E-state index contributed by atoms with van der Waals surface area (Å²) in [5, 5.41) is 30.0. The molecule has 10 heteroatoms. The van der Waals surface area contributed by atoms with Gasteiger partial charge in [-0.05, 0) is 37.0 Å². The maximum absolute atomic E-state index is 12.5. The van der Waals surface area contributed by atoms with Gasteiger partial charge >= 0.3 is 5.97 Å². The Bertz CT molecular complexity index is 770. The largest absolute Gasteiger partial charge is 0.497 e. The Labute approximate surface area is 180 Å². The number of carboxylic acids is 1. The molecule has 1 fully saturated rings. The first-order chi connectivity index (χ1) is 14.7. The van der Waals surface area contributed by atoms with Gasteiger partial charge in [0.05, 0.1) is 13.2 Å². The van der Waals surface area contributed by atoms with Crippen LogP contribution in [-0.2, 0) is 25.6 Å². The van der Waals surface area contributed by atoms with Crippen molar-refractivity contribution in [1.82, 2.24) is 10.2 Å². The van der Waals surface area contributed by atoms with Gasteiger partial charge in [-0.25, -0.2) is 0 Å². The molecule has 10 nitrogen and oxygen atoms in total. The number of methoxy groups -OCH3 is 1. The third kappa shape index (κ3) is 7.56. The molecule has 2 atom stereocenters. The summed E-state index contributed by atoms with van der Waals surface area (Å²) in [7, 11) is 1.53. The zero-order valence-electron chi connectivity index (χ0n) is 17.7. The first kappa shape index (κ1) is 25.9. The molecule has 4 N–H and O–H groups in total. The van der Waals surface area contributed by atoms with Gasteiger partial charge in [0, 0.05) is 33.0 Å². The number of amides is 2. The maximum Gasteiger partial charge on any atom is 0.314 e. The van der Waals surface area contributed by atoms with Crippen molar-refractivity contribution in [2.75, 3.05) is 26.7 Å². The highest BCUT2D eigenvalue weighted by Crippen LogP contribution is 2.35. The van der Waals surface area contributed by atoms with Crippen LogP contribution in [0.4, 0.5) is 0 Å². The molecule has 0 aromatic heterocycles. The number of nitrogens with zero attached hydrogens (tertiary/aromatic N) is 1. The van der Waals surface area contributed by atoms with Crippen LogP contribution in [0.25, 0.3) is 0 Å². The van der Waals surface area contributed by atoms with E-state index in [9.17, 15) is 24.6 Å². The van der Waals surface area contributed by atoms with Crippen molar-refractivity contribution >= 4 is 24.3 Å². The lowest BCUT2D eigenvalue weighted by Gasteiger charge is -2.43. The van der Waals surface area contributed by atoms with Crippen molar-refractivity contribution < 1.29 is 39.2 Å². The minimum Gasteiger partial charge on any atom is -0.497 e. The Hall–Kier alpha value is -3.14. The molecule has 172 valence electrons. The number of rotatable bonds is 8. The van der Waals surface area contributed by atoms with Gasteiger partial charge < -0.3 is 30.3 Å². The summed E-state index contributed by atoms with van der Waals surface area (Å²) in [5.74, 6) is -0.849. The molecule has 1 saturated heterocycles. The number of benzene rings is 1. The molecular weight excluding hydrogens is 408 g/mol. The minimum absolute atomic E-state index is 0.0559. The number of ether oxygens (including phenoxy) is 1. The van der Waals surface area contributed by atoms with Crippen molar-refractivity contribution in [3.05, 3.63) is 29.8 Å². The molecule has 0 aliphatic carbocycles. The molecule has 0 unspecified atom stereocenters. The summed E-state index contributed by atoms with van der Waals surface area (Å²) < 4.78 is 5.19. The molecule has 1 heterocycles. The highest BCUT2D eigenvalue weighted by Gasteiger charge is 2.50. The highest BCUT2D eigenvalue weighted by atomic mass is 16.5. The number of likely N-dealkylation sites (tertiary alicyclic amines) is 1. The summed E-state index contributed by atoms with van der Waals surface area (Å²) >= 11 is 0. The number of aliphatic hydroxyl groups is 1. The second-order valence-electron chi connectivity index (χ2n) is 7.30. The molecule has 2 rings (SSSR count). The number of aliphatic hydroxyl groups excluding tert-OH is 1. The van der Waals surface area contributed by atoms with E-state index in [1.807, 2.05) is 0 Å². The van der Waals surface area contributed by atoms with Crippen LogP contribution in [0, 0.1) is 5.41 Å². The number of hydrogen-bond donors (Lipinski definition) is 4. The van der Waals surface area contributed by atoms with Crippen LogP contribution in [0.15, 0.2) is 24.3 Å². The van der Waals surface area contributed by atoms with Gasteiger partial charge in [-0.15, -0.1) is 0 Å². The smallest absolute Gasteiger partial charge is 0.314 e. The van der Waals surface area contributed by atoms with Crippen LogP contribution in [0.2, 0.25) is 0 Å². The number of carbonyl (C=O) groups excluding carboxylic acids is 2. The van der Waals surface area contributed by atoms with Crippen LogP contribution in [0.1, 0.15) is 31.7 Å². The maximum atomic E-state index is 12.5. The summed E-state index contributed by atoms with van der Waals surface area (Å²) in [6.07, 6.45) is -0.0671. The second-order valence-corrected chi connectivity index (χ2v) is 7.30. The van der Waals surface area contributed by atoms with Gasteiger partial charge in [-0.1, -0.05) is 12.1 Å². The normalized spacial score (nSPS) is 20.1. The summed E-state index contributed by atoms with van der Waals surface area (Å²) in [6, 6.07) is 7.06. The van der Waals surface area contributed by atoms with Gasteiger partial charge in [-0.2, -0.15) is 0 Å². The first-order valence-electron chi connectivity index (χ1n) is 9.84. The van der Waals surface area contributed by atoms with Crippen molar-refractivity contribution in [2.45, 2.75) is 38.7 Å². The fourth-order valence-corrected chi connectivity index (χ4v) is 3.56. The van der Waals surface area contributed by atoms with Crippen LogP contribution in [0.3, 0.4) is 0 Å². The van der Waals surface area contributed by atoms with Crippen molar-refractivity contribution in [1.29, 1.82) is 0 Å². The SMILES string of the molecule is COc1cccc(C[C@@]2(C(=O)O)CN(C(=O)CCCNC(C)=O)CC[C@@H]2O)c1.O=CO. The van der Waals surface area contributed by atoms with Crippen LogP contribution in [0.5, 0.6) is 5.75 Å². The summed E-state index contributed by atoms with van der Waals surface area (Å²) in [5.41, 5.74) is -0.751. The van der Waals surface area contributed by atoms with E-state index in [2.05, 4.69) is 5.32 Å². The van der Waals surface area contributed by atoms with E-state index in [1.54, 1.807) is 24.3 Å². The Morgan fingerprint density at radius 1 is 1.35 bits per heavy atom. The van der Waals surface area contributed by atoms with Gasteiger partial charge in [0.1, 0.15) is 11.2 Å². The Kier molecular flexibility index (Phi) is 10.5. The monoisotopic (exact) mass is 438 g/mol. The third-order valence-corrected chi connectivity index (χ3v) is 5.16. The van der Waals surface area contributed by atoms with Gasteiger partial charge in [0.25, 0.3) is 6.47 Å². The molecule has 1 aliphatic rings. The quantitative estimate of drug-likeness (QED) is 0.338. The predicted octanol–water partition coefficient (Wildman–Crippen LogP) is 0.519. The highest BCUT2D eigenvalue weighted by molar-refractivity contribution is 5.80. The second kappa shape index (κ2) is 12.5. The molecule has 0 spiro atoms. The van der Waals surface area contributed by atoms with E-state index in [4.69, 9.17) is 14.6 Å². The lowest BCUT2D eigenvalue weighted by atomic mass is 9.72. The molecule has 0 saturated carbocycles. The van der Waals surface area contributed by atoms with Gasteiger partial charge in [0.2, 0.25) is 11.8 Å². The molecule has 1 aromatic rings. The average molecular weight is 438 g/mol. The molecule has 0 radical (unpaired) electrons. The number of carbonyl (C=O) groups is 4. The van der Waals surface area contributed by atoms with Crippen LogP contribution >= 0.6 is 0 Å². The number of nitrogens with one attached hydrogen (secondary N) is 1. The third-order valence-electron chi connectivity index (χ3n) is 5.16. The summed E-state index contributed by atoms with van der Waals surface area (Å²) in [6.45, 7) is 1.81. The standard InChI is InChI=1S/C20H28N2O6.CH2O2/c1-14(23)21-9-4-7-18(25)22-10-8-17(24)20(13-22,19(26)27)12-15-5-3-6-16(11-15)28-2;2-1-3/h3,5-6,11,17,24H,4,7-10,12-13H2,1-2H3,(H,21,23)(H,26,27);1H,(H,2,3)/t17-,20+;/m0./s1. The van der Waals surface area contributed by atoms with Crippen molar-refractivity contribution in [2.24, 2.45) is 5.41 Å². The lowest BCUT2D eigenvalue weighted by Crippen LogP contribution is -2.58. The topological polar surface area (TPSA) is 153 Å². The number of carboxylic acid groups (broad SMARTS) is 2. The van der Waals surface area contributed by atoms with Crippen LogP contribution in [-0.4, -0.2) is 77.3 Å². The van der Waals surface area contributed by atoms with E-state index in [0.717, 1.165) is 5.56 Å². The average Bonchev–Trinajstić information content (AvgIpc) is 2.73.